The third kappa shape index (κ3) is 3.53. The van der Waals surface area contributed by atoms with E-state index in [1.165, 1.54) is 0 Å². The van der Waals surface area contributed by atoms with Gasteiger partial charge >= 0.3 is 0 Å². The van der Waals surface area contributed by atoms with E-state index >= 15 is 0 Å². The molecule has 0 saturated heterocycles. The Morgan fingerprint density at radius 3 is 2.67 bits per heavy atom. The standard InChI is InChI=1S/C18H27N3O3/c1-6-14(7-2)18(22)20(4)17-13(3)19-16-15(24-12-11-23-5)9-8-10-21(16)17/h8-10,14H,6-7,11-12H2,1-5H3. The van der Waals surface area contributed by atoms with Crippen LogP contribution in [0.2, 0.25) is 0 Å². The molecule has 0 aliphatic rings. The molecule has 1 amide bonds. The van der Waals surface area contributed by atoms with E-state index in [0.717, 1.165) is 24.4 Å². The quantitative estimate of drug-likeness (QED) is 0.697. The smallest absolute Gasteiger partial charge is 0.230 e. The SMILES string of the molecule is CCC(CC)C(=O)N(C)c1c(C)nc2c(OCCOC)cccn12. The molecule has 0 atom stereocenters. The zero-order valence-electron chi connectivity index (χ0n) is 15.2. The number of carbonyl (C=O) groups excluding carboxylic acids is 1. The Bertz CT molecular complexity index is 692. The molecule has 0 aliphatic heterocycles. The molecule has 2 aromatic heterocycles. The highest BCUT2D eigenvalue weighted by Gasteiger charge is 2.24. The third-order valence-electron chi connectivity index (χ3n) is 4.28. The Morgan fingerprint density at radius 1 is 1.33 bits per heavy atom. The highest BCUT2D eigenvalue weighted by atomic mass is 16.5. The fourth-order valence-corrected chi connectivity index (χ4v) is 2.91. The Morgan fingerprint density at radius 2 is 2.04 bits per heavy atom. The van der Waals surface area contributed by atoms with E-state index in [0.29, 0.717) is 24.6 Å². The molecule has 2 heterocycles. The number of nitrogens with zero attached hydrogens (tertiary/aromatic N) is 3. The zero-order valence-corrected chi connectivity index (χ0v) is 15.2. The number of methoxy groups -OCH3 is 1. The maximum Gasteiger partial charge on any atom is 0.230 e. The minimum atomic E-state index is 0.0288. The van der Waals surface area contributed by atoms with Crippen LogP contribution >= 0.6 is 0 Å². The molecular formula is C18H27N3O3. The van der Waals surface area contributed by atoms with Gasteiger partial charge in [0.1, 0.15) is 12.4 Å². The van der Waals surface area contributed by atoms with Crippen LogP contribution in [0.5, 0.6) is 5.75 Å². The van der Waals surface area contributed by atoms with E-state index in [1.54, 1.807) is 12.0 Å². The molecule has 24 heavy (non-hydrogen) atoms. The fraction of sp³-hybridized carbons (Fsp3) is 0.556. The molecule has 0 radical (unpaired) electrons. The van der Waals surface area contributed by atoms with E-state index in [-0.39, 0.29) is 11.8 Å². The number of imidazole rings is 1. The van der Waals surface area contributed by atoms with E-state index in [9.17, 15) is 4.79 Å². The van der Waals surface area contributed by atoms with Crippen molar-refractivity contribution in [3.8, 4) is 5.75 Å². The number of fused-ring (bicyclic) bond motifs is 1. The Balaban J connectivity index is 2.39. The molecule has 0 aromatic carbocycles. The van der Waals surface area contributed by atoms with Gasteiger partial charge < -0.3 is 9.47 Å². The van der Waals surface area contributed by atoms with E-state index in [2.05, 4.69) is 4.98 Å². The molecule has 0 unspecified atom stereocenters. The number of pyridine rings is 1. The molecule has 2 aromatic rings. The van der Waals surface area contributed by atoms with Crippen molar-refractivity contribution in [2.24, 2.45) is 5.92 Å². The largest absolute Gasteiger partial charge is 0.487 e. The predicted molar refractivity (Wildman–Crippen MR) is 94.8 cm³/mol. The Hall–Kier alpha value is -2.08. The van der Waals surface area contributed by atoms with Crippen molar-refractivity contribution in [1.82, 2.24) is 9.38 Å². The lowest BCUT2D eigenvalue weighted by Gasteiger charge is -2.22. The molecule has 0 aliphatic carbocycles. The van der Waals surface area contributed by atoms with Crippen molar-refractivity contribution < 1.29 is 14.3 Å². The Kier molecular flexibility index (Phi) is 6.20. The van der Waals surface area contributed by atoms with E-state index < -0.39 is 0 Å². The van der Waals surface area contributed by atoms with Gasteiger partial charge in [-0.25, -0.2) is 4.98 Å². The van der Waals surface area contributed by atoms with Crippen molar-refractivity contribution in [2.45, 2.75) is 33.6 Å². The third-order valence-corrected chi connectivity index (χ3v) is 4.28. The number of hydrogen-bond donors (Lipinski definition) is 0. The molecule has 2 rings (SSSR count). The lowest BCUT2D eigenvalue weighted by Crippen LogP contribution is -2.33. The van der Waals surface area contributed by atoms with Crippen molar-refractivity contribution in [2.75, 3.05) is 32.3 Å². The number of carbonyl (C=O) groups is 1. The van der Waals surface area contributed by atoms with Crippen molar-refractivity contribution in [1.29, 1.82) is 0 Å². The monoisotopic (exact) mass is 333 g/mol. The number of ether oxygens (including phenoxy) is 2. The van der Waals surface area contributed by atoms with Crippen LogP contribution in [-0.2, 0) is 9.53 Å². The van der Waals surface area contributed by atoms with Crippen LogP contribution in [0.1, 0.15) is 32.4 Å². The van der Waals surface area contributed by atoms with Crippen LogP contribution in [0.25, 0.3) is 5.65 Å². The number of amides is 1. The maximum atomic E-state index is 12.7. The predicted octanol–water partition coefficient (Wildman–Crippen LogP) is 3.07. The van der Waals surface area contributed by atoms with Crippen molar-refractivity contribution >= 4 is 17.4 Å². The van der Waals surface area contributed by atoms with Gasteiger partial charge in [-0.1, -0.05) is 13.8 Å². The average molecular weight is 333 g/mol. The van der Waals surface area contributed by atoms with Gasteiger partial charge in [0.15, 0.2) is 11.4 Å². The second kappa shape index (κ2) is 8.15. The lowest BCUT2D eigenvalue weighted by atomic mass is 10.0. The highest BCUT2D eigenvalue weighted by Crippen LogP contribution is 2.28. The van der Waals surface area contributed by atoms with E-state index in [1.807, 2.05) is 50.5 Å². The zero-order chi connectivity index (χ0) is 17.7. The van der Waals surface area contributed by atoms with Gasteiger partial charge in [-0.3, -0.25) is 14.1 Å². The lowest BCUT2D eigenvalue weighted by molar-refractivity contribution is -0.122. The number of hydrogen-bond acceptors (Lipinski definition) is 4. The average Bonchev–Trinajstić information content (AvgIpc) is 2.92. The maximum absolute atomic E-state index is 12.7. The first-order chi connectivity index (χ1) is 11.5. The van der Waals surface area contributed by atoms with Crippen LogP contribution < -0.4 is 9.64 Å². The van der Waals surface area contributed by atoms with Gasteiger partial charge in [-0.05, 0) is 31.9 Å². The van der Waals surface area contributed by atoms with Crippen LogP contribution in [-0.4, -0.2) is 42.7 Å². The molecular weight excluding hydrogens is 306 g/mol. The summed E-state index contributed by atoms with van der Waals surface area (Å²) < 4.78 is 12.7. The first kappa shape index (κ1) is 18.3. The fourth-order valence-electron chi connectivity index (χ4n) is 2.91. The van der Waals surface area contributed by atoms with Crippen LogP contribution in [0, 0.1) is 12.8 Å². The number of aromatic nitrogens is 2. The normalized spacial score (nSPS) is 11.2. The van der Waals surface area contributed by atoms with Gasteiger partial charge in [0.25, 0.3) is 0 Å². The highest BCUT2D eigenvalue weighted by molar-refractivity contribution is 5.94. The summed E-state index contributed by atoms with van der Waals surface area (Å²) in [7, 11) is 3.45. The number of anilines is 1. The summed E-state index contributed by atoms with van der Waals surface area (Å²) >= 11 is 0. The van der Waals surface area contributed by atoms with Crippen molar-refractivity contribution in [3.05, 3.63) is 24.0 Å². The first-order valence-electron chi connectivity index (χ1n) is 8.42. The van der Waals surface area contributed by atoms with Crippen LogP contribution in [0.4, 0.5) is 5.82 Å². The molecule has 132 valence electrons. The van der Waals surface area contributed by atoms with Gasteiger partial charge in [-0.2, -0.15) is 0 Å². The van der Waals surface area contributed by atoms with Gasteiger partial charge in [0.05, 0.1) is 12.3 Å². The second-order valence-corrected chi connectivity index (χ2v) is 5.84. The summed E-state index contributed by atoms with van der Waals surface area (Å²) in [5, 5.41) is 0. The van der Waals surface area contributed by atoms with Gasteiger partial charge in [0.2, 0.25) is 5.91 Å². The summed E-state index contributed by atoms with van der Waals surface area (Å²) in [6.07, 6.45) is 3.58. The summed E-state index contributed by atoms with van der Waals surface area (Å²) in [5.41, 5.74) is 1.52. The number of rotatable bonds is 8. The molecule has 6 heteroatoms. The number of aryl methyl sites for hydroxylation is 1. The molecule has 6 nitrogen and oxygen atoms in total. The molecule has 0 bridgehead atoms. The molecule has 0 N–H and O–H groups in total. The topological polar surface area (TPSA) is 56.1 Å². The van der Waals surface area contributed by atoms with Gasteiger partial charge in [-0.15, -0.1) is 0 Å². The molecule has 0 saturated carbocycles. The van der Waals surface area contributed by atoms with Crippen LogP contribution in [0.15, 0.2) is 18.3 Å². The summed E-state index contributed by atoms with van der Waals surface area (Å²) in [6, 6.07) is 3.78. The minimum absolute atomic E-state index is 0.0288. The van der Waals surface area contributed by atoms with E-state index in [4.69, 9.17) is 9.47 Å². The molecule has 0 spiro atoms. The summed E-state index contributed by atoms with van der Waals surface area (Å²) in [6.45, 7) is 6.98. The molecule has 0 fully saturated rings. The van der Waals surface area contributed by atoms with Gasteiger partial charge in [0, 0.05) is 26.3 Å². The van der Waals surface area contributed by atoms with Crippen LogP contribution in [0.3, 0.4) is 0 Å². The second-order valence-electron chi connectivity index (χ2n) is 5.84. The van der Waals surface area contributed by atoms with Crippen molar-refractivity contribution in [3.63, 3.8) is 0 Å². The first-order valence-corrected chi connectivity index (χ1v) is 8.42. The Labute approximate surface area is 143 Å². The summed E-state index contributed by atoms with van der Waals surface area (Å²) in [5.74, 6) is 1.63. The minimum Gasteiger partial charge on any atom is -0.487 e. The summed E-state index contributed by atoms with van der Waals surface area (Å²) in [4.78, 5) is 19.1.